The van der Waals surface area contributed by atoms with Gasteiger partial charge in [-0.05, 0) is 51.3 Å². The van der Waals surface area contributed by atoms with Gasteiger partial charge in [0.25, 0.3) is 5.91 Å². The van der Waals surface area contributed by atoms with Crippen LogP contribution in [0, 0.1) is 12.3 Å². The van der Waals surface area contributed by atoms with Crippen LogP contribution in [-0.4, -0.2) is 31.8 Å². The van der Waals surface area contributed by atoms with Gasteiger partial charge in [-0.15, -0.1) is 0 Å². The van der Waals surface area contributed by atoms with E-state index >= 15 is 0 Å². The molecule has 0 bridgehead atoms. The first-order chi connectivity index (χ1) is 15.2. The number of carbonyl (C=O) groups is 2. The second-order valence-corrected chi connectivity index (χ2v) is 10.7. The van der Waals surface area contributed by atoms with Crippen molar-refractivity contribution in [1.82, 2.24) is 14.3 Å². The number of benzene rings is 1. The van der Waals surface area contributed by atoms with Crippen LogP contribution in [0.4, 0.5) is 0 Å². The summed E-state index contributed by atoms with van der Waals surface area (Å²) in [7, 11) is 0. The number of carbonyl (C=O) groups excluding carboxylic acids is 2. The third kappa shape index (κ3) is 5.66. The number of hydrogen-bond acceptors (Lipinski definition) is 4. The molecule has 0 atom stereocenters. The molecule has 0 aliphatic rings. The number of esters is 1. The fourth-order valence-electron chi connectivity index (χ4n) is 4.12. The summed E-state index contributed by atoms with van der Waals surface area (Å²) in [4.78, 5) is 25.3. The van der Waals surface area contributed by atoms with Crippen LogP contribution in [0.3, 0.4) is 0 Å². The van der Waals surface area contributed by atoms with Crippen LogP contribution in [-0.2, 0) is 16.1 Å². The van der Waals surface area contributed by atoms with Crippen molar-refractivity contribution in [2.24, 2.45) is 5.41 Å². The Balaban J connectivity index is 0.00000187. The van der Waals surface area contributed by atoms with Gasteiger partial charge in [-0.3, -0.25) is 9.59 Å². The molecule has 0 saturated carbocycles. The van der Waals surface area contributed by atoms with Crippen LogP contribution < -0.4 is 0 Å². The molecule has 3 aromatic rings. The van der Waals surface area contributed by atoms with Crippen molar-refractivity contribution in [2.45, 2.75) is 101 Å². The maximum absolute atomic E-state index is 12.9. The monoisotopic (exact) mass is 455 g/mol. The largest absolute Gasteiger partial charge is 0.460 e. The van der Waals surface area contributed by atoms with E-state index in [0.29, 0.717) is 18.9 Å². The van der Waals surface area contributed by atoms with E-state index < -0.39 is 11.0 Å². The molecule has 0 radical (unpaired) electrons. The first-order valence-corrected chi connectivity index (χ1v) is 12.0. The van der Waals surface area contributed by atoms with E-state index in [1.807, 2.05) is 61.5 Å². The summed E-state index contributed by atoms with van der Waals surface area (Å²) in [5.74, 6) is 0.0344. The van der Waals surface area contributed by atoms with Crippen LogP contribution in [0.2, 0.25) is 0 Å². The molecule has 6 heteroatoms. The number of hydrogen-bond donors (Lipinski definition) is 0. The van der Waals surface area contributed by atoms with Gasteiger partial charge in [0.1, 0.15) is 5.60 Å². The molecule has 2 aromatic heterocycles. The van der Waals surface area contributed by atoms with Crippen molar-refractivity contribution >= 4 is 33.7 Å². The Labute approximate surface area is 198 Å². The second kappa shape index (κ2) is 9.70. The summed E-state index contributed by atoms with van der Waals surface area (Å²) in [6.07, 6.45) is 2.05. The SMILES string of the molecule is CC.Cc1c(C(C)C)n(CCC(=O)OC(C)(C)C)c2cc3c(cnn3C(=O)C(C)(C)C)cc12. The van der Waals surface area contributed by atoms with E-state index in [0.717, 1.165) is 21.8 Å². The highest BCUT2D eigenvalue weighted by molar-refractivity contribution is 6.01. The Kier molecular flexibility index (Phi) is 7.82. The molecule has 0 aliphatic heterocycles. The fourth-order valence-corrected chi connectivity index (χ4v) is 4.12. The van der Waals surface area contributed by atoms with Gasteiger partial charge in [-0.25, -0.2) is 0 Å². The summed E-state index contributed by atoms with van der Waals surface area (Å²) in [5.41, 5.74) is 3.17. The van der Waals surface area contributed by atoms with Gasteiger partial charge < -0.3 is 9.30 Å². The van der Waals surface area contributed by atoms with Crippen molar-refractivity contribution in [3.05, 3.63) is 29.6 Å². The van der Waals surface area contributed by atoms with Crippen LogP contribution in [0.25, 0.3) is 21.8 Å². The average Bonchev–Trinajstić information content (AvgIpc) is 3.22. The van der Waals surface area contributed by atoms with E-state index in [1.54, 1.807) is 6.20 Å². The van der Waals surface area contributed by atoms with Gasteiger partial charge in [0, 0.05) is 28.4 Å². The molecular weight excluding hydrogens is 414 g/mol. The molecule has 3 rings (SSSR count). The van der Waals surface area contributed by atoms with Crippen LogP contribution in [0.15, 0.2) is 18.3 Å². The molecule has 33 heavy (non-hydrogen) atoms. The van der Waals surface area contributed by atoms with E-state index in [9.17, 15) is 9.59 Å². The highest BCUT2D eigenvalue weighted by Crippen LogP contribution is 2.34. The fraction of sp³-hybridized carbons (Fsp3) is 0.593. The normalized spacial score (nSPS) is 12.2. The molecule has 6 nitrogen and oxygen atoms in total. The third-order valence-electron chi connectivity index (χ3n) is 5.40. The number of aromatic nitrogens is 3. The molecule has 0 amide bonds. The topological polar surface area (TPSA) is 66.1 Å². The zero-order valence-corrected chi connectivity index (χ0v) is 22.3. The lowest BCUT2D eigenvalue weighted by molar-refractivity contribution is -0.155. The summed E-state index contributed by atoms with van der Waals surface area (Å²) in [6.45, 7) is 22.3. The van der Waals surface area contributed by atoms with Gasteiger partial charge in [0.2, 0.25) is 0 Å². The zero-order chi connectivity index (χ0) is 25.3. The lowest BCUT2D eigenvalue weighted by Gasteiger charge is -2.20. The molecule has 0 fully saturated rings. The van der Waals surface area contributed by atoms with E-state index in [1.165, 1.54) is 15.9 Å². The number of fused-ring (bicyclic) bond motifs is 2. The Morgan fingerprint density at radius 1 is 1.03 bits per heavy atom. The van der Waals surface area contributed by atoms with Gasteiger partial charge in [0.15, 0.2) is 0 Å². The molecule has 0 unspecified atom stereocenters. The summed E-state index contributed by atoms with van der Waals surface area (Å²) in [5, 5.41) is 6.45. The summed E-state index contributed by atoms with van der Waals surface area (Å²) >= 11 is 0. The van der Waals surface area contributed by atoms with Crippen LogP contribution in [0.1, 0.15) is 97.6 Å². The smallest absolute Gasteiger partial charge is 0.308 e. The Morgan fingerprint density at radius 2 is 1.64 bits per heavy atom. The molecule has 0 N–H and O–H groups in total. The molecular formula is C27H41N3O3. The van der Waals surface area contributed by atoms with Gasteiger partial charge >= 0.3 is 5.97 Å². The molecule has 2 heterocycles. The Bertz CT molecular complexity index is 1150. The minimum atomic E-state index is -0.536. The van der Waals surface area contributed by atoms with E-state index in [-0.39, 0.29) is 11.9 Å². The maximum atomic E-state index is 12.9. The minimum absolute atomic E-state index is 0.0467. The molecule has 182 valence electrons. The van der Waals surface area contributed by atoms with Crippen molar-refractivity contribution in [3.8, 4) is 0 Å². The summed E-state index contributed by atoms with van der Waals surface area (Å²) < 4.78 is 9.22. The average molecular weight is 456 g/mol. The zero-order valence-electron chi connectivity index (χ0n) is 22.3. The number of aryl methyl sites for hydroxylation is 2. The van der Waals surface area contributed by atoms with Crippen LogP contribution >= 0.6 is 0 Å². The molecule has 0 saturated heterocycles. The van der Waals surface area contributed by atoms with Gasteiger partial charge in [0.05, 0.1) is 23.7 Å². The number of ether oxygens (including phenoxy) is 1. The van der Waals surface area contributed by atoms with Gasteiger partial charge in [-0.1, -0.05) is 48.5 Å². The van der Waals surface area contributed by atoms with Gasteiger partial charge in [-0.2, -0.15) is 9.78 Å². The number of rotatable bonds is 4. The third-order valence-corrected chi connectivity index (χ3v) is 5.40. The quantitative estimate of drug-likeness (QED) is 0.403. The first kappa shape index (κ1) is 26.6. The van der Waals surface area contributed by atoms with E-state index in [4.69, 9.17) is 4.74 Å². The van der Waals surface area contributed by atoms with E-state index in [2.05, 4.69) is 36.5 Å². The number of nitrogens with zero attached hydrogens (tertiary/aromatic N) is 3. The Hall–Kier alpha value is -2.63. The maximum Gasteiger partial charge on any atom is 0.308 e. The Morgan fingerprint density at radius 3 is 2.15 bits per heavy atom. The lowest BCUT2D eigenvalue weighted by Crippen LogP contribution is -2.27. The summed E-state index contributed by atoms with van der Waals surface area (Å²) in [6, 6.07) is 4.14. The highest BCUT2D eigenvalue weighted by atomic mass is 16.6. The van der Waals surface area contributed by atoms with Crippen molar-refractivity contribution in [2.75, 3.05) is 0 Å². The first-order valence-electron chi connectivity index (χ1n) is 12.0. The van der Waals surface area contributed by atoms with Crippen molar-refractivity contribution < 1.29 is 14.3 Å². The second-order valence-electron chi connectivity index (χ2n) is 10.7. The lowest BCUT2D eigenvalue weighted by atomic mass is 9.96. The van der Waals surface area contributed by atoms with Crippen molar-refractivity contribution in [1.29, 1.82) is 0 Å². The van der Waals surface area contributed by atoms with Crippen LogP contribution in [0.5, 0.6) is 0 Å². The van der Waals surface area contributed by atoms with Crippen molar-refractivity contribution in [3.63, 3.8) is 0 Å². The molecule has 0 spiro atoms. The predicted octanol–water partition coefficient (Wildman–Crippen LogP) is 6.87. The highest BCUT2D eigenvalue weighted by Gasteiger charge is 2.26. The predicted molar refractivity (Wildman–Crippen MR) is 136 cm³/mol. The molecule has 1 aromatic carbocycles. The standard InChI is InChI=1S/C25H35N3O3.C2H6/c1-15(2)22-16(3)18-12-17-14-26-28(23(30)24(4,5)6)19(17)13-20(18)27(22)11-10-21(29)31-25(7,8)9;1-2/h12-15H,10-11H2,1-9H3;1-2H3. The molecule has 0 aliphatic carbocycles. The minimum Gasteiger partial charge on any atom is -0.460 e.